The summed E-state index contributed by atoms with van der Waals surface area (Å²) in [7, 11) is 0. The molecule has 0 radical (unpaired) electrons. The maximum absolute atomic E-state index is 13.3. The van der Waals surface area contributed by atoms with Crippen LogP contribution in [-0.4, -0.2) is 24.9 Å². The summed E-state index contributed by atoms with van der Waals surface area (Å²) in [5.74, 6) is -0.824. The number of hydrogen-bond acceptors (Lipinski definition) is 2. The molecular weight excluding hydrogens is 276 g/mol. The van der Waals surface area contributed by atoms with Gasteiger partial charge in [0.15, 0.2) is 6.17 Å². The van der Waals surface area contributed by atoms with Gasteiger partial charge >= 0.3 is 12.1 Å². The zero-order valence-corrected chi connectivity index (χ0v) is 12.0. The molecule has 0 aliphatic heterocycles. The first kappa shape index (κ1) is 19.2. The lowest BCUT2D eigenvalue weighted by Gasteiger charge is -2.08. The van der Waals surface area contributed by atoms with Crippen LogP contribution in [-0.2, 0) is 9.53 Å². The second-order valence-corrected chi connectivity index (χ2v) is 4.91. The van der Waals surface area contributed by atoms with Crippen molar-refractivity contribution in [2.75, 3.05) is 6.61 Å². The zero-order chi connectivity index (χ0) is 15.4. The quantitative estimate of drug-likeness (QED) is 0.306. The van der Waals surface area contributed by atoms with Crippen molar-refractivity contribution < 1.29 is 27.1 Å². The van der Waals surface area contributed by atoms with Crippen molar-refractivity contribution in [3.63, 3.8) is 0 Å². The third-order valence-corrected chi connectivity index (χ3v) is 2.92. The van der Waals surface area contributed by atoms with Crippen LogP contribution >= 0.6 is 0 Å². The van der Waals surface area contributed by atoms with E-state index in [9.17, 15) is 22.4 Å². The summed E-state index contributed by atoms with van der Waals surface area (Å²) in [5, 5.41) is 0. The molecule has 0 rings (SSSR count). The predicted molar refractivity (Wildman–Crippen MR) is 69.1 cm³/mol. The van der Waals surface area contributed by atoms with Gasteiger partial charge in [-0.05, 0) is 25.7 Å². The molecule has 0 heterocycles. The van der Waals surface area contributed by atoms with E-state index in [1.807, 2.05) is 6.92 Å². The summed E-state index contributed by atoms with van der Waals surface area (Å²) in [4.78, 5) is 11.2. The number of halogens is 4. The van der Waals surface area contributed by atoms with E-state index in [0.717, 1.165) is 12.8 Å². The summed E-state index contributed by atoms with van der Waals surface area (Å²) < 4.78 is 53.6. The lowest BCUT2D eigenvalue weighted by molar-refractivity contribution is -0.150. The molecule has 6 heteroatoms. The van der Waals surface area contributed by atoms with Gasteiger partial charge in [0.2, 0.25) is 0 Å². The first-order valence-corrected chi connectivity index (χ1v) is 7.24. The average Bonchev–Trinajstić information content (AvgIpc) is 2.36. The predicted octanol–water partition coefficient (Wildman–Crippen LogP) is 4.96. The van der Waals surface area contributed by atoms with Gasteiger partial charge in [0.25, 0.3) is 0 Å². The van der Waals surface area contributed by atoms with Crippen LogP contribution in [0.1, 0.15) is 64.7 Å². The fourth-order valence-corrected chi connectivity index (χ4v) is 1.70. The van der Waals surface area contributed by atoms with Crippen LogP contribution < -0.4 is 0 Å². The fourth-order valence-electron chi connectivity index (χ4n) is 1.70. The van der Waals surface area contributed by atoms with Crippen molar-refractivity contribution in [1.29, 1.82) is 0 Å². The van der Waals surface area contributed by atoms with Crippen molar-refractivity contribution >= 4 is 5.97 Å². The molecule has 0 fully saturated rings. The summed E-state index contributed by atoms with van der Waals surface area (Å²) in [6.07, 6.45) is -2.41. The van der Waals surface area contributed by atoms with Crippen LogP contribution in [0.15, 0.2) is 0 Å². The molecular formula is C14H24F4O2. The molecule has 0 saturated heterocycles. The van der Waals surface area contributed by atoms with Gasteiger partial charge in [0.05, 0.1) is 6.61 Å². The molecule has 0 aromatic carbocycles. The van der Waals surface area contributed by atoms with E-state index in [0.29, 0.717) is 25.7 Å². The van der Waals surface area contributed by atoms with E-state index in [2.05, 4.69) is 0 Å². The number of rotatable bonds is 11. The Morgan fingerprint density at radius 2 is 1.65 bits per heavy atom. The molecule has 20 heavy (non-hydrogen) atoms. The number of esters is 1. The largest absolute Gasteiger partial charge is 0.464 e. The number of ether oxygens (including phenoxy) is 1. The number of carbonyl (C=O) groups is 1. The second-order valence-electron chi connectivity index (χ2n) is 4.91. The minimum Gasteiger partial charge on any atom is -0.464 e. The molecule has 0 amide bonds. The van der Waals surface area contributed by atoms with Crippen molar-refractivity contribution in [2.24, 2.45) is 0 Å². The topological polar surface area (TPSA) is 26.3 Å². The van der Waals surface area contributed by atoms with Crippen LogP contribution in [0.2, 0.25) is 0 Å². The average molecular weight is 300 g/mol. The van der Waals surface area contributed by atoms with Crippen LogP contribution in [0, 0.1) is 0 Å². The molecule has 0 saturated carbocycles. The molecule has 2 nitrogen and oxygen atoms in total. The normalized spacial score (nSPS) is 13.2. The van der Waals surface area contributed by atoms with Gasteiger partial charge in [-0.25, -0.2) is 9.18 Å². The second kappa shape index (κ2) is 10.9. The first-order valence-electron chi connectivity index (χ1n) is 7.24. The number of hydrogen-bond donors (Lipinski definition) is 0. The van der Waals surface area contributed by atoms with Gasteiger partial charge in [-0.1, -0.05) is 32.6 Å². The summed E-state index contributed by atoms with van der Waals surface area (Å²) in [6.45, 7) is 2.19. The molecule has 0 aliphatic rings. The van der Waals surface area contributed by atoms with Gasteiger partial charge in [-0.15, -0.1) is 0 Å². The summed E-state index contributed by atoms with van der Waals surface area (Å²) >= 11 is 0. The monoisotopic (exact) mass is 300 g/mol. The number of carbonyl (C=O) groups excluding carboxylic acids is 1. The lowest BCUT2D eigenvalue weighted by atomic mass is 10.1. The molecule has 1 unspecified atom stereocenters. The SMILES string of the molecule is CCCCOC(=O)C(F)CCCCCCCC(F)(F)F. The van der Waals surface area contributed by atoms with Gasteiger partial charge in [-0.3, -0.25) is 0 Å². The maximum atomic E-state index is 13.3. The summed E-state index contributed by atoms with van der Waals surface area (Å²) in [5.41, 5.74) is 0. The van der Waals surface area contributed by atoms with Gasteiger partial charge < -0.3 is 4.74 Å². The Kier molecular flexibility index (Phi) is 10.5. The van der Waals surface area contributed by atoms with Crippen LogP contribution in [0.25, 0.3) is 0 Å². The standard InChI is InChI=1S/C14H24F4O2/c1-2-3-11-20-13(19)12(15)9-7-5-4-6-8-10-14(16,17)18/h12H,2-11H2,1H3. The zero-order valence-electron chi connectivity index (χ0n) is 12.0. The van der Waals surface area contributed by atoms with Gasteiger partial charge in [-0.2, -0.15) is 13.2 Å². The van der Waals surface area contributed by atoms with E-state index in [-0.39, 0.29) is 19.4 Å². The van der Waals surface area contributed by atoms with Crippen LogP contribution in [0.3, 0.4) is 0 Å². The molecule has 0 bridgehead atoms. The Labute approximate surface area is 117 Å². The van der Waals surface area contributed by atoms with Crippen molar-refractivity contribution in [3.05, 3.63) is 0 Å². The van der Waals surface area contributed by atoms with Crippen LogP contribution in [0.5, 0.6) is 0 Å². The highest BCUT2D eigenvalue weighted by Gasteiger charge is 2.25. The third kappa shape index (κ3) is 12.2. The highest BCUT2D eigenvalue weighted by molar-refractivity contribution is 5.74. The molecule has 1 atom stereocenters. The fraction of sp³-hybridized carbons (Fsp3) is 0.929. The highest BCUT2D eigenvalue weighted by atomic mass is 19.4. The Balaban J connectivity index is 3.43. The molecule has 0 N–H and O–H groups in total. The van der Waals surface area contributed by atoms with Gasteiger partial charge in [0.1, 0.15) is 0 Å². The van der Waals surface area contributed by atoms with Crippen molar-refractivity contribution in [3.8, 4) is 0 Å². The smallest absolute Gasteiger partial charge is 0.389 e. The lowest BCUT2D eigenvalue weighted by Crippen LogP contribution is -2.19. The Hall–Kier alpha value is -0.810. The van der Waals surface area contributed by atoms with Crippen LogP contribution in [0.4, 0.5) is 17.6 Å². The van der Waals surface area contributed by atoms with Gasteiger partial charge in [0, 0.05) is 6.42 Å². The molecule has 0 aromatic heterocycles. The van der Waals surface area contributed by atoms with E-state index in [4.69, 9.17) is 4.74 Å². The molecule has 120 valence electrons. The van der Waals surface area contributed by atoms with E-state index in [1.54, 1.807) is 0 Å². The minimum atomic E-state index is -4.09. The molecule has 0 aromatic rings. The molecule has 0 spiro atoms. The van der Waals surface area contributed by atoms with E-state index in [1.165, 1.54) is 0 Å². The number of unbranched alkanes of at least 4 members (excludes halogenated alkanes) is 5. The van der Waals surface area contributed by atoms with E-state index < -0.39 is 24.7 Å². The Morgan fingerprint density at radius 3 is 2.25 bits per heavy atom. The van der Waals surface area contributed by atoms with E-state index >= 15 is 0 Å². The molecule has 0 aliphatic carbocycles. The highest BCUT2D eigenvalue weighted by Crippen LogP contribution is 2.23. The minimum absolute atomic E-state index is 0.0875. The Bertz CT molecular complexity index is 254. The maximum Gasteiger partial charge on any atom is 0.389 e. The summed E-state index contributed by atoms with van der Waals surface area (Å²) in [6, 6.07) is 0. The van der Waals surface area contributed by atoms with Crippen molar-refractivity contribution in [2.45, 2.75) is 77.1 Å². The Morgan fingerprint density at radius 1 is 1.05 bits per heavy atom. The first-order chi connectivity index (χ1) is 9.37. The third-order valence-electron chi connectivity index (χ3n) is 2.92. The number of alkyl halides is 4. The van der Waals surface area contributed by atoms with Crippen molar-refractivity contribution in [1.82, 2.24) is 0 Å².